The minimum absolute atomic E-state index is 0.0436. The van der Waals surface area contributed by atoms with Gasteiger partial charge in [0.1, 0.15) is 23.0 Å². The van der Waals surface area contributed by atoms with Gasteiger partial charge in [-0.3, -0.25) is 39.6 Å². The molecular weight excluding hydrogens is 751 g/mol. The highest BCUT2D eigenvalue weighted by atomic mass is 16.2. The zero-order valence-electron chi connectivity index (χ0n) is 31.9. The third-order valence-electron chi connectivity index (χ3n) is 8.56. The largest absolute Gasteiger partial charge is 0.388 e. The molecule has 1 aromatic carbocycles. The molecule has 6 amide bonds. The Kier molecular flexibility index (Phi) is 12.4. The number of aryl methyl sites for hydroxylation is 4. The van der Waals surface area contributed by atoms with E-state index in [1.807, 2.05) is 0 Å². The summed E-state index contributed by atoms with van der Waals surface area (Å²) in [5.41, 5.74) is 13.0. The number of carbonyl (C=O) groups excluding carboxylic acids is 6. The van der Waals surface area contributed by atoms with Crippen LogP contribution in [0.25, 0.3) is 0 Å². The fourth-order valence-electron chi connectivity index (χ4n) is 5.60. The third-order valence-corrected chi connectivity index (χ3v) is 8.56. The van der Waals surface area contributed by atoms with Crippen molar-refractivity contribution in [1.82, 2.24) is 28.9 Å². The lowest BCUT2D eigenvalue weighted by atomic mass is 10.2. The van der Waals surface area contributed by atoms with Gasteiger partial charge in [0.05, 0.1) is 34.9 Å². The Hall–Kier alpha value is -8.10. The van der Waals surface area contributed by atoms with E-state index in [2.05, 4.69) is 37.2 Å². The molecule has 0 unspecified atom stereocenters. The molecule has 4 aromatic heterocycles. The van der Waals surface area contributed by atoms with Crippen molar-refractivity contribution >= 4 is 75.9 Å². The fraction of sp³-hybridized carbons (Fsp3) is 0.189. The van der Waals surface area contributed by atoms with E-state index in [4.69, 9.17) is 22.3 Å². The van der Waals surface area contributed by atoms with Crippen molar-refractivity contribution in [2.24, 2.45) is 39.7 Å². The average Bonchev–Trinajstić information content (AvgIpc) is 3.92. The monoisotopic (exact) mass is 793 g/mol. The first-order valence-electron chi connectivity index (χ1n) is 17.5. The van der Waals surface area contributed by atoms with Gasteiger partial charge in [-0.1, -0.05) is 0 Å². The van der Waals surface area contributed by atoms with Gasteiger partial charge in [0, 0.05) is 77.2 Å². The van der Waals surface area contributed by atoms with Gasteiger partial charge in [0.15, 0.2) is 5.96 Å². The summed E-state index contributed by atoms with van der Waals surface area (Å²) in [5, 5.41) is 33.1. The van der Waals surface area contributed by atoms with Crippen molar-refractivity contribution in [1.29, 1.82) is 10.8 Å². The summed E-state index contributed by atoms with van der Waals surface area (Å²) < 4.78 is 6.21. The second kappa shape index (κ2) is 17.6. The molecule has 0 bridgehead atoms. The van der Waals surface area contributed by atoms with Crippen LogP contribution in [0.2, 0.25) is 0 Å². The van der Waals surface area contributed by atoms with E-state index in [0.29, 0.717) is 34.4 Å². The molecule has 0 atom stereocenters. The Labute approximate surface area is 331 Å². The van der Waals surface area contributed by atoms with E-state index in [1.165, 1.54) is 48.8 Å². The highest BCUT2D eigenvalue weighted by molar-refractivity contribution is 6.10. The van der Waals surface area contributed by atoms with Gasteiger partial charge >= 0.3 is 0 Å². The van der Waals surface area contributed by atoms with Gasteiger partial charge in [0.2, 0.25) is 5.91 Å². The molecule has 0 fully saturated rings. The number of nitrogens with two attached hydrogens (primary N) is 2. The smallest absolute Gasteiger partial charge is 0.272 e. The number of aromatic nitrogens is 4. The molecule has 58 heavy (non-hydrogen) atoms. The lowest BCUT2D eigenvalue weighted by Gasteiger charge is -2.06. The molecule has 0 saturated heterocycles. The highest BCUT2D eigenvalue weighted by Gasteiger charge is 2.19. The minimum atomic E-state index is -0.484. The Balaban J connectivity index is 1.13. The van der Waals surface area contributed by atoms with Crippen molar-refractivity contribution in [2.75, 3.05) is 39.7 Å². The second-order valence-corrected chi connectivity index (χ2v) is 13.1. The number of hydrogen-bond donors (Lipinski definition) is 11. The van der Waals surface area contributed by atoms with Gasteiger partial charge in [-0.25, -0.2) is 0 Å². The number of rotatable bonds is 15. The molecule has 0 aliphatic rings. The maximum Gasteiger partial charge on any atom is 0.272 e. The normalized spacial score (nSPS) is 10.6. The molecule has 5 aromatic rings. The number of nitrogens with zero attached hydrogens (tertiary/aromatic N) is 4. The molecule has 0 aliphatic heterocycles. The van der Waals surface area contributed by atoms with E-state index in [1.54, 1.807) is 71.0 Å². The SMILES string of the molecule is Cn1cc(C(=O)Nc2cc(C(=O)Nc3ccc(C(=O)Nc4cc(C(=O)Nc5cc(C(=O)NCCC(=N)N)n(C)c5)n(C)c4)cc3)cn2C)cc1NC(=O)CNC(=N)N. The van der Waals surface area contributed by atoms with Gasteiger partial charge < -0.3 is 67.0 Å². The van der Waals surface area contributed by atoms with Crippen LogP contribution in [0.15, 0.2) is 73.3 Å². The average molecular weight is 794 g/mol. The molecule has 4 heterocycles. The van der Waals surface area contributed by atoms with E-state index in [0.717, 1.165) is 0 Å². The first kappa shape index (κ1) is 41.1. The number of carbonyl (C=O) groups is 6. The lowest BCUT2D eigenvalue weighted by Crippen LogP contribution is -2.37. The van der Waals surface area contributed by atoms with Crippen LogP contribution in [-0.4, -0.2) is 78.6 Å². The third kappa shape index (κ3) is 10.3. The van der Waals surface area contributed by atoms with Crippen molar-refractivity contribution in [2.45, 2.75) is 6.42 Å². The Bertz CT molecular complexity index is 2430. The van der Waals surface area contributed by atoms with Crippen molar-refractivity contribution in [3.05, 3.63) is 101 Å². The maximum absolute atomic E-state index is 13.1. The summed E-state index contributed by atoms with van der Waals surface area (Å²) in [4.78, 5) is 76.9. The van der Waals surface area contributed by atoms with E-state index in [9.17, 15) is 28.8 Å². The molecule has 21 nitrogen and oxygen atoms in total. The zero-order chi connectivity index (χ0) is 42.3. The molecule has 0 saturated carbocycles. The minimum Gasteiger partial charge on any atom is -0.388 e. The number of amidine groups is 1. The predicted octanol–water partition coefficient (Wildman–Crippen LogP) is 1.53. The van der Waals surface area contributed by atoms with E-state index < -0.39 is 29.5 Å². The lowest BCUT2D eigenvalue weighted by molar-refractivity contribution is -0.115. The van der Waals surface area contributed by atoms with Crippen molar-refractivity contribution < 1.29 is 28.8 Å². The highest BCUT2D eigenvalue weighted by Crippen LogP contribution is 2.21. The second-order valence-electron chi connectivity index (χ2n) is 13.1. The van der Waals surface area contributed by atoms with Crippen LogP contribution in [0.1, 0.15) is 58.5 Å². The summed E-state index contributed by atoms with van der Waals surface area (Å²) in [6.45, 7) is -0.0162. The Morgan fingerprint density at radius 1 is 0.534 bits per heavy atom. The topological polar surface area (TPSA) is 306 Å². The molecule has 5 rings (SSSR count). The molecule has 13 N–H and O–H groups in total. The van der Waals surface area contributed by atoms with Gasteiger partial charge in [-0.15, -0.1) is 0 Å². The van der Waals surface area contributed by atoms with Crippen LogP contribution in [-0.2, 0) is 33.0 Å². The van der Waals surface area contributed by atoms with Crippen LogP contribution in [0, 0.1) is 10.8 Å². The quantitative estimate of drug-likeness (QED) is 0.0540. The molecular formula is C37H43N15O6. The van der Waals surface area contributed by atoms with Gasteiger partial charge in [0.25, 0.3) is 29.5 Å². The summed E-state index contributed by atoms with van der Waals surface area (Å²) >= 11 is 0. The number of benzene rings is 1. The van der Waals surface area contributed by atoms with Crippen LogP contribution in [0.3, 0.4) is 0 Å². The molecule has 21 heteroatoms. The standard InChI is InChI=1S/C37H43N15O6/c1-49-19-25(13-26(49)35(57)42-10-9-28(38)39)46-36(58)27-14-24(18-50(27)2)45-32(54)20-5-7-23(8-6-20)44-33(55)21-12-30(52(4)16-21)48-34(56)22-11-29(51(3)17-22)47-31(53)15-43-37(40)41/h5-8,11-14,16-19H,9-10,15H2,1-4H3,(H3,38,39)(H,42,57)(H,44,55)(H,45,54)(H,46,58)(H,47,53)(H,48,56)(H4,40,41,43). The first-order chi connectivity index (χ1) is 27.5. The van der Waals surface area contributed by atoms with Gasteiger partial charge in [-0.2, -0.15) is 0 Å². The van der Waals surface area contributed by atoms with Crippen LogP contribution < -0.4 is 48.7 Å². The first-order valence-corrected chi connectivity index (χ1v) is 17.5. The summed E-state index contributed by atoms with van der Waals surface area (Å²) in [7, 11) is 6.60. The Morgan fingerprint density at radius 3 is 1.57 bits per heavy atom. The maximum atomic E-state index is 13.1. The summed E-state index contributed by atoms with van der Waals surface area (Å²) in [5.74, 6) is -2.44. The van der Waals surface area contributed by atoms with Crippen molar-refractivity contribution in [3.63, 3.8) is 0 Å². The zero-order valence-corrected chi connectivity index (χ0v) is 31.9. The number of nitrogens with one attached hydrogen (secondary N) is 9. The number of anilines is 5. The Morgan fingerprint density at radius 2 is 1.02 bits per heavy atom. The number of hydrogen-bond acceptors (Lipinski definition) is 8. The van der Waals surface area contributed by atoms with Crippen LogP contribution >= 0.6 is 0 Å². The summed E-state index contributed by atoms with van der Waals surface area (Å²) in [6, 6.07) is 12.2. The molecule has 0 aliphatic carbocycles. The van der Waals surface area contributed by atoms with Crippen LogP contribution in [0.5, 0.6) is 0 Å². The predicted molar refractivity (Wildman–Crippen MR) is 217 cm³/mol. The van der Waals surface area contributed by atoms with Crippen molar-refractivity contribution in [3.8, 4) is 0 Å². The molecule has 0 radical (unpaired) electrons. The van der Waals surface area contributed by atoms with E-state index >= 15 is 0 Å². The molecule has 0 spiro atoms. The molecule has 302 valence electrons. The summed E-state index contributed by atoms with van der Waals surface area (Å²) in [6.07, 6.45) is 6.43. The van der Waals surface area contributed by atoms with Gasteiger partial charge in [-0.05, 0) is 48.5 Å². The fourth-order valence-corrected chi connectivity index (χ4v) is 5.60. The van der Waals surface area contributed by atoms with E-state index in [-0.39, 0.29) is 59.6 Å². The van der Waals surface area contributed by atoms with Crippen LogP contribution in [0.4, 0.5) is 28.7 Å². The number of guanidine groups is 1. The number of amides is 6.